The Labute approximate surface area is 143 Å². The van der Waals surface area contributed by atoms with E-state index in [9.17, 15) is 4.79 Å². The van der Waals surface area contributed by atoms with Crippen LogP contribution in [0.2, 0.25) is 5.02 Å². The third-order valence-electron chi connectivity index (χ3n) is 3.33. The van der Waals surface area contributed by atoms with Crippen LogP contribution in [0.15, 0.2) is 22.7 Å². The molecule has 1 amide bonds. The zero-order valence-corrected chi connectivity index (χ0v) is 14.9. The number of amides is 1. The molecule has 116 valence electrons. The number of carbonyl (C=O) groups excluding carboxylic acids is 1. The molecule has 0 saturated heterocycles. The Morgan fingerprint density at radius 2 is 2.19 bits per heavy atom. The highest BCUT2D eigenvalue weighted by atomic mass is 79.9. The van der Waals surface area contributed by atoms with Gasteiger partial charge in [0.05, 0.1) is 4.47 Å². The van der Waals surface area contributed by atoms with Gasteiger partial charge in [0.2, 0.25) is 0 Å². The third-order valence-corrected chi connectivity index (χ3v) is 5.57. The molecule has 1 aromatic rings. The summed E-state index contributed by atoms with van der Waals surface area (Å²) in [6, 6.07) is 5.22. The molecule has 1 saturated carbocycles. The highest BCUT2D eigenvalue weighted by Gasteiger charge is 2.14. The molecule has 1 aromatic carbocycles. The maximum atomic E-state index is 11.7. The van der Waals surface area contributed by atoms with E-state index in [1.54, 1.807) is 18.2 Å². The van der Waals surface area contributed by atoms with Gasteiger partial charge in [0.15, 0.2) is 6.61 Å². The summed E-state index contributed by atoms with van der Waals surface area (Å²) in [6.07, 6.45) is 5.36. The first-order valence-corrected chi connectivity index (χ1v) is 9.33. The lowest BCUT2D eigenvalue weighted by Crippen LogP contribution is -2.31. The fourth-order valence-corrected chi connectivity index (χ4v) is 4.27. The molecule has 0 aliphatic heterocycles. The van der Waals surface area contributed by atoms with Crippen molar-refractivity contribution in [2.24, 2.45) is 0 Å². The van der Waals surface area contributed by atoms with Crippen molar-refractivity contribution in [2.45, 2.75) is 30.9 Å². The van der Waals surface area contributed by atoms with Gasteiger partial charge in [-0.3, -0.25) is 4.79 Å². The summed E-state index contributed by atoms with van der Waals surface area (Å²) < 4.78 is 6.21. The van der Waals surface area contributed by atoms with Crippen molar-refractivity contribution in [1.82, 2.24) is 5.32 Å². The van der Waals surface area contributed by atoms with E-state index in [0.717, 1.165) is 15.5 Å². The van der Waals surface area contributed by atoms with Gasteiger partial charge in [-0.2, -0.15) is 11.8 Å². The average molecular weight is 393 g/mol. The van der Waals surface area contributed by atoms with Gasteiger partial charge in [0.1, 0.15) is 5.75 Å². The number of hydrogen-bond donors (Lipinski definition) is 1. The molecule has 0 atom stereocenters. The molecule has 0 aromatic heterocycles. The first-order chi connectivity index (χ1) is 10.1. The smallest absolute Gasteiger partial charge is 0.257 e. The van der Waals surface area contributed by atoms with Crippen molar-refractivity contribution >= 4 is 45.2 Å². The summed E-state index contributed by atoms with van der Waals surface area (Å²) in [5.41, 5.74) is 0. The Morgan fingerprint density at radius 1 is 1.43 bits per heavy atom. The average Bonchev–Trinajstić information content (AvgIpc) is 2.96. The minimum Gasteiger partial charge on any atom is -0.483 e. The fraction of sp³-hybridized carbons (Fsp3) is 0.533. The van der Waals surface area contributed by atoms with Crippen LogP contribution >= 0.6 is 39.3 Å². The first-order valence-electron chi connectivity index (χ1n) is 7.11. The van der Waals surface area contributed by atoms with E-state index < -0.39 is 0 Å². The van der Waals surface area contributed by atoms with Crippen molar-refractivity contribution in [3.05, 3.63) is 27.7 Å². The second kappa shape index (κ2) is 8.91. The second-order valence-corrected chi connectivity index (χ2v) is 7.69. The third kappa shape index (κ3) is 6.09. The largest absolute Gasteiger partial charge is 0.483 e. The number of benzene rings is 1. The molecule has 3 nitrogen and oxygen atoms in total. The van der Waals surface area contributed by atoms with Crippen LogP contribution in [0.1, 0.15) is 25.7 Å². The van der Waals surface area contributed by atoms with Crippen molar-refractivity contribution in [1.29, 1.82) is 0 Å². The Bertz CT molecular complexity index is 481. The second-order valence-electron chi connectivity index (χ2n) is 4.99. The maximum absolute atomic E-state index is 11.7. The maximum Gasteiger partial charge on any atom is 0.257 e. The van der Waals surface area contributed by atoms with E-state index in [1.807, 2.05) is 11.8 Å². The molecule has 1 aliphatic rings. The summed E-state index contributed by atoms with van der Waals surface area (Å²) in [5.74, 6) is 1.50. The molecular weight excluding hydrogens is 374 g/mol. The lowest BCUT2D eigenvalue weighted by Gasteiger charge is -2.10. The predicted octanol–water partition coefficient (Wildman–Crippen LogP) is 4.27. The van der Waals surface area contributed by atoms with Gasteiger partial charge in [-0.05, 0) is 47.0 Å². The highest BCUT2D eigenvalue weighted by molar-refractivity contribution is 9.10. The number of thioether (sulfide) groups is 1. The summed E-state index contributed by atoms with van der Waals surface area (Å²) in [7, 11) is 0. The van der Waals surface area contributed by atoms with Crippen molar-refractivity contribution in [3.63, 3.8) is 0 Å². The molecule has 0 spiro atoms. The van der Waals surface area contributed by atoms with Gasteiger partial charge in [0, 0.05) is 22.6 Å². The quantitative estimate of drug-likeness (QED) is 0.704. The highest BCUT2D eigenvalue weighted by Crippen LogP contribution is 2.29. The van der Waals surface area contributed by atoms with Crippen molar-refractivity contribution in [3.8, 4) is 5.75 Å². The van der Waals surface area contributed by atoms with Crippen LogP contribution in [-0.4, -0.2) is 30.1 Å². The predicted molar refractivity (Wildman–Crippen MR) is 92.4 cm³/mol. The van der Waals surface area contributed by atoms with Gasteiger partial charge in [-0.15, -0.1) is 0 Å². The number of rotatable bonds is 7. The summed E-state index contributed by atoms with van der Waals surface area (Å²) >= 11 is 11.2. The molecule has 6 heteroatoms. The standard InChI is InChI=1S/C15H19BrClNO2S/c16-13-9-11(17)5-6-14(13)20-10-15(19)18-7-8-21-12-3-1-2-4-12/h5-6,9,12H,1-4,7-8,10H2,(H,18,19). The molecular formula is C15H19BrClNO2S. The summed E-state index contributed by atoms with van der Waals surface area (Å²) in [5, 5.41) is 4.30. The Hall–Kier alpha value is -0.390. The SMILES string of the molecule is O=C(COc1ccc(Cl)cc1Br)NCCSC1CCCC1. The van der Waals surface area contributed by atoms with E-state index in [1.165, 1.54) is 25.7 Å². The van der Waals surface area contributed by atoms with E-state index in [4.69, 9.17) is 16.3 Å². The van der Waals surface area contributed by atoms with Gasteiger partial charge in [0.25, 0.3) is 5.91 Å². The molecule has 1 fully saturated rings. The first kappa shape index (κ1) is 17.0. The van der Waals surface area contributed by atoms with Crippen LogP contribution in [0, 0.1) is 0 Å². The Kier molecular flexibility index (Phi) is 7.20. The minimum absolute atomic E-state index is 0.0222. The van der Waals surface area contributed by atoms with Crippen LogP contribution in [0.5, 0.6) is 5.75 Å². The van der Waals surface area contributed by atoms with Crippen LogP contribution in [0.4, 0.5) is 0 Å². The zero-order chi connectivity index (χ0) is 15.1. The van der Waals surface area contributed by atoms with Gasteiger partial charge in [-0.25, -0.2) is 0 Å². The number of ether oxygens (including phenoxy) is 1. The van der Waals surface area contributed by atoms with E-state index in [0.29, 0.717) is 17.3 Å². The number of carbonyl (C=O) groups is 1. The lowest BCUT2D eigenvalue weighted by molar-refractivity contribution is -0.122. The minimum atomic E-state index is -0.0936. The van der Waals surface area contributed by atoms with Gasteiger partial charge < -0.3 is 10.1 Å². The van der Waals surface area contributed by atoms with E-state index >= 15 is 0 Å². The number of halogens is 2. The Morgan fingerprint density at radius 3 is 2.90 bits per heavy atom. The number of nitrogens with one attached hydrogen (secondary N) is 1. The summed E-state index contributed by atoms with van der Waals surface area (Å²) in [6.45, 7) is 0.722. The zero-order valence-electron chi connectivity index (χ0n) is 11.7. The van der Waals surface area contributed by atoms with E-state index in [2.05, 4.69) is 21.2 Å². The van der Waals surface area contributed by atoms with Gasteiger partial charge in [-0.1, -0.05) is 24.4 Å². The molecule has 0 radical (unpaired) electrons. The fourth-order valence-electron chi connectivity index (χ4n) is 2.26. The van der Waals surface area contributed by atoms with Crippen molar-refractivity contribution in [2.75, 3.05) is 18.9 Å². The molecule has 1 N–H and O–H groups in total. The molecule has 2 rings (SSSR count). The molecule has 0 bridgehead atoms. The Balaban J connectivity index is 1.60. The normalized spacial score (nSPS) is 15.1. The van der Waals surface area contributed by atoms with Crippen LogP contribution in [0.3, 0.4) is 0 Å². The molecule has 0 unspecified atom stereocenters. The molecule has 0 heterocycles. The monoisotopic (exact) mass is 391 g/mol. The van der Waals surface area contributed by atoms with Crippen LogP contribution in [-0.2, 0) is 4.79 Å². The topological polar surface area (TPSA) is 38.3 Å². The van der Waals surface area contributed by atoms with Crippen LogP contribution < -0.4 is 10.1 Å². The lowest BCUT2D eigenvalue weighted by atomic mass is 10.3. The van der Waals surface area contributed by atoms with E-state index in [-0.39, 0.29) is 12.5 Å². The van der Waals surface area contributed by atoms with Gasteiger partial charge >= 0.3 is 0 Å². The summed E-state index contributed by atoms with van der Waals surface area (Å²) in [4.78, 5) is 11.7. The van der Waals surface area contributed by atoms with Crippen molar-refractivity contribution < 1.29 is 9.53 Å². The molecule has 1 aliphatic carbocycles. The number of hydrogen-bond acceptors (Lipinski definition) is 3. The van der Waals surface area contributed by atoms with Crippen LogP contribution in [0.25, 0.3) is 0 Å². The molecule has 21 heavy (non-hydrogen) atoms.